The molecule has 198 valence electrons. The molecule has 1 aliphatic rings. The van der Waals surface area contributed by atoms with E-state index in [0.29, 0.717) is 48.2 Å². The lowest BCUT2D eigenvalue weighted by molar-refractivity contribution is 0.457. The minimum atomic E-state index is -3.54. The fourth-order valence-electron chi connectivity index (χ4n) is 3.61. The van der Waals surface area contributed by atoms with E-state index in [1.165, 1.54) is 43.9 Å². The van der Waals surface area contributed by atoms with Gasteiger partial charge in [0.1, 0.15) is 6.34 Å². The summed E-state index contributed by atoms with van der Waals surface area (Å²) in [5, 5.41) is 16.3. The fraction of sp³-hybridized carbons (Fsp3) is 0.0769. The van der Waals surface area contributed by atoms with E-state index in [2.05, 4.69) is 25.3 Å². The topological polar surface area (TPSA) is 120 Å². The summed E-state index contributed by atoms with van der Waals surface area (Å²) in [4.78, 5) is 18.1. The predicted octanol–water partition coefficient (Wildman–Crippen LogP) is 4.72. The van der Waals surface area contributed by atoms with Crippen molar-refractivity contribution in [3.63, 3.8) is 0 Å². The van der Waals surface area contributed by atoms with E-state index in [9.17, 15) is 13.5 Å². The van der Waals surface area contributed by atoms with Crippen molar-refractivity contribution in [2.24, 2.45) is 15.0 Å². The monoisotopic (exact) mass is 598 g/mol. The van der Waals surface area contributed by atoms with E-state index in [4.69, 9.17) is 23.2 Å². The van der Waals surface area contributed by atoms with Gasteiger partial charge in [0.2, 0.25) is 15.9 Å². The van der Waals surface area contributed by atoms with Crippen molar-refractivity contribution in [1.29, 1.82) is 0 Å². The van der Waals surface area contributed by atoms with Crippen LogP contribution >= 0.6 is 34.5 Å². The second-order valence-electron chi connectivity index (χ2n) is 8.44. The summed E-state index contributed by atoms with van der Waals surface area (Å²) in [6.07, 6.45) is 3.20. The maximum absolute atomic E-state index is 12.3. The number of amidine groups is 1. The number of aromatic hydroxyl groups is 1. The Kier molecular flexibility index (Phi) is 7.52. The van der Waals surface area contributed by atoms with Crippen LogP contribution in [0.1, 0.15) is 10.4 Å². The number of rotatable bonds is 6. The molecule has 4 aromatic rings. The zero-order valence-corrected chi connectivity index (χ0v) is 23.6. The van der Waals surface area contributed by atoms with Gasteiger partial charge in [-0.25, -0.2) is 27.7 Å². The van der Waals surface area contributed by atoms with Crippen LogP contribution in [0.25, 0.3) is 6.08 Å². The number of aliphatic imine (C=N–C) groups is 2. The van der Waals surface area contributed by atoms with Gasteiger partial charge in [0.05, 0.1) is 36.5 Å². The van der Waals surface area contributed by atoms with Crippen LogP contribution < -0.4 is 15.9 Å². The zero-order valence-electron chi connectivity index (χ0n) is 20.5. The Labute approximate surface area is 238 Å². The van der Waals surface area contributed by atoms with Crippen LogP contribution in [0.4, 0.5) is 16.5 Å². The van der Waals surface area contributed by atoms with E-state index < -0.39 is 10.0 Å². The maximum atomic E-state index is 12.3. The van der Waals surface area contributed by atoms with Crippen molar-refractivity contribution in [2.45, 2.75) is 4.90 Å². The average molecular weight is 600 g/mol. The highest BCUT2D eigenvalue weighted by molar-refractivity contribution is 7.89. The molecule has 2 N–H and O–H groups in total. The molecule has 0 saturated carbocycles. The molecule has 0 radical (unpaired) electrons. The van der Waals surface area contributed by atoms with Crippen LogP contribution in [0, 0.1) is 0 Å². The number of fused-ring (bicyclic) bond motifs is 1. The molecule has 0 bridgehead atoms. The maximum Gasteiger partial charge on any atom is 0.242 e. The molecule has 0 aliphatic carbocycles. The third-order valence-electron chi connectivity index (χ3n) is 5.62. The Balaban J connectivity index is 1.46. The van der Waals surface area contributed by atoms with Gasteiger partial charge in [-0.15, -0.1) is 0 Å². The van der Waals surface area contributed by atoms with Gasteiger partial charge in [0.15, 0.2) is 11.0 Å². The molecule has 0 amide bonds. The fourth-order valence-corrected chi connectivity index (χ4v) is 5.83. The lowest BCUT2D eigenvalue weighted by Gasteiger charge is -2.11. The molecule has 3 aromatic carbocycles. The summed E-state index contributed by atoms with van der Waals surface area (Å²) in [5.74, 6) is 0.274. The lowest BCUT2D eigenvalue weighted by atomic mass is 10.1. The first kappa shape index (κ1) is 27.0. The van der Waals surface area contributed by atoms with E-state index >= 15 is 0 Å². The smallest absolute Gasteiger partial charge is 0.242 e. The molecule has 13 heteroatoms. The van der Waals surface area contributed by atoms with Gasteiger partial charge in [-0.1, -0.05) is 46.7 Å². The number of thiazole rings is 1. The largest absolute Gasteiger partial charge is 0.492 e. The van der Waals surface area contributed by atoms with Gasteiger partial charge < -0.3 is 10.4 Å². The highest BCUT2D eigenvalue weighted by Crippen LogP contribution is 2.36. The Hall–Kier alpha value is -3.61. The van der Waals surface area contributed by atoms with Gasteiger partial charge in [0.25, 0.3) is 0 Å². The normalized spacial score (nSPS) is 14.5. The molecule has 0 fully saturated rings. The predicted molar refractivity (Wildman–Crippen MR) is 156 cm³/mol. The number of anilines is 2. The summed E-state index contributed by atoms with van der Waals surface area (Å²) in [5.41, 5.74) is 1.72. The second kappa shape index (κ2) is 10.9. The van der Waals surface area contributed by atoms with E-state index in [0.717, 1.165) is 9.52 Å². The van der Waals surface area contributed by atoms with E-state index in [-0.39, 0.29) is 10.8 Å². The lowest BCUT2D eigenvalue weighted by Crippen LogP contribution is -2.22. The molecule has 9 nitrogen and oxygen atoms in total. The van der Waals surface area contributed by atoms with E-state index in [1.54, 1.807) is 36.4 Å². The number of hydrogen-bond donors (Lipinski definition) is 2. The van der Waals surface area contributed by atoms with Gasteiger partial charge in [0, 0.05) is 19.7 Å². The van der Waals surface area contributed by atoms with Crippen LogP contribution in [0.15, 0.2) is 80.5 Å². The van der Waals surface area contributed by atoms with Crippen molar-refractivity contribution >= 4 is 79.3 Å². The molecule has 0 unspecified atom stereocenters. The molecule has 0 saturated heterocycles. The number of sulfonamides is 1. The summed E-state index contributed by atoms with van der Waals surface area (Å²) in [6.45, 7) is 0. The number of benzene rings is 3. The van der Waals surface area contributed by atoms with Crippen LogP contribution in [-0.4, -0.2) is 49.1 Å². The molecule has 0 spiro atoms. The Morgan fingerprint density at radius 1 is 1.05 bits per heavy atom. The molecule has 1 aliphatic heterocycles. The average Bonchev–Trinajstić information content (AvgIpc) is 3.25. The number of nitrogens with one attached hydrogen (secondary N) is 1. The number of nitrogens with zero attached hydrogens (tertiary/aromatic N) is 5. The summed E-state index contributed by atoms with van der Waals surface area (Å²) >= 11 is 13.7. The van der Waals surface area contributed by atoms with Crippen LogP contribution in [0.3, 0.4) is 0 Å². The first-order chi connectivity index (χ1) is 18.6. The Bertz CT molecular complexity index is 1850. The summed E-state index contributed by atoms with van der Waals surface area (Å²) in [6, 6.07) is 16.9. The van der Waals surface area contributed by atoms with Crippen molar-refractivity contribution in [3.05, 3.63) is 91.7 Å². The van der Waals surface area contributed by atoms with Crippen molar-refractivity contribution in [1.82, 2.24) is 9.29 Å². The third kappa shape index (κ3) is 5.72. The third-order valence-corrected chi connectivity index (χ3v) is 8.98. The number of aromatic nitrogens is 1. The van der Waals surface area contributed by atoms with Crippen molar-refractivity contribution in [2.75, 3.05) is 19.4 Å². The molecular formula is C26H20Cl2N6O3S2. The number of para-hydroxylation sites is 1. The van der Waals surface area contributed by atoms with Crippen LogP contribution in [0.5, 0.6) is 5.88 Å². The number of hydrogen-bond acceptors (Lipinski definition) is 8. The molecule has 1 aromatic heterocycles. The summed E-state index contributed by atoms with van der Waals surface area (Å²) < 4.78 is 25.8. The standard InChI is InChI=1S/C26H20Cl2N6O3S2/c1-34(2)39(36,37)17-9-7-16(8-10-17)31-24-18-12-15(6-11-21(18)29-14-30-24)13-22-25(35)33-26(38-22)32-23-19(27)4-3-5-20(23)28/h3-14,35H,1-2H3,(H,32,33). The first-order valence-corrected chi connectivity index (χ1v) is 14.4. The minimum absolute atomic E-state index is 0.146. The van der Waals surface area contributed by atoms with Gasteiger partial charge in [-0.05, 0) is 59.8 Å². The van der Waals surface area contributed by atoms with Crippen LogP contribution in [-0.2, 0) is 10.0 Å². The Morgan fingerprint density at radius 3 is 2.46 bits per heavy atom. The first-order valence-electron chi connectivity index (χ1n) is 11.4. The highest BCUT2D eigenvalue weighted by atomic mass is 35.5. The summed E-state index contributed by atoms with van der Waals surface area (Å²) in [7, 11) is -0.582. The SMILES string of the molecule is CN(C)S(=O)(=O)c1ccc(N=C2N=CN=c3ccc(=Cc4sc(Nc5c(Cl)cccc5Cl)nc4O)cc32)cc1. The highest BCUT2D eigenvalue weighted by Gasteiger charge is 2.17. The van der Waals surface area contributed by atoms with E-state index in [1.807, 2.05) is 18.2 Å². The Morgan fingerprint density at radius 2 is 1.77 bits per heavy atom. The molecule has 39 heavy (non-hydrogen) atoms. The molecule has 5 rings (SSSR count). The van der Waals surface area contributed by atoms with Crippen LogP contribution in [0.2, 0.25) is 10.0 Å². The molecule has 2 heterocycles. The quantitative estimate of drug-likeness (QED) is 0.333. The van der Waals surface area contributed by atoms with Crippen molar-refractivity contribution in [3.8, 4) is 5.88 Å². The van der Waals surface area contributed by atoms with Gasteiger partial charge >= 0.3 is 0 Å². The van der Waals surface area contributed by atoms with Gasteiger partial charge in [-0.2, -0.15) is 4.98 Å². The second-order valence-corrected chi connectivity index (χ2v) is 12.4. The zero-order chi connectivity index (χ0) is 27.7. The van der Waals surface area contributed by atoms with Crippen molar-refractivity contribution < 1.29 is 13.5 Å². The molecular weight excluding hydrogens is 579 g/mol. The minimum Gasteiger partial charge on any atom is -0.492 e. The molecule has 0 atom stereocenters. The number of halogens is 2. The van der Waals surface area contributed by atoms with Gasteiger partial charge in [-0.3, -0.25) is 0 Å².